The molecule has 11 heavy (non-hydrogen) atoms. The van der Waals surface area contributed by atoms with E-state index in [1.54, 1.807) is 0 Å². The maximum Gasteiger partial charge on any atom is 0.0790 e. The van der Waals surface area contributed by atoms with Crippen LogP contribution in [0.15, 0.2) is 11.6 Å². The Balaban J connectivity index is 2.14. The molecule has 0 saturated carbocycles. The van der Waals surface area contributed by atoms with Crippen LogP contribution in [0.1, 0.15) is 26.7 Å². The largest absolute Gasteiger partial charge is 0.374 e. The maximum atomic E-state index is 5.66. The highest BCUT2D eigenvalue weighted by molar-refractivity contribution is 5.10. The van der Waals surface area contributed by atoms with Crippen molar-refractivity contribution in [2.45, 2.75) is 32.8 Å². The summed E-state index contributed by atoms with van der Waals surface area (Å²) in [6.45, 7) is 5.49. The normalized spacial score (nSPS) is 43.5. The zero-order chi connectivity index (χ0) is 7.84. The van der Waals surface area contributed by atoms with Gasteiger partial charge in [0.25, 0.3) is 0 Å². The Hall–Kier alpha value is -0.300. The Labute approximate surface area is 68.4 Å². The van der Waals surface area contributed by atoms with Gasteiger partial charge in [-0.15, -0.1) is 0 Å². The lowest BCUT2D eigenvalue weighted by molar-refractivity contribution is 0.120. The first-order valence-electron chi connectivity index (χ1n) is 4.56. The van der Waals surface area contributed by atoms with E-state index in [4.69, 9.17) is 4.74 Å². The van der Waals surface area contributed by atoms with Gasteiger partial charge in [-0.3, -0.25) is 0 Å². The molecule has 0 amide bonds. The number of hydrogen-bond donors (Lipinski definition) is 0. The fourth-order valence-corrected chi connectivity index (χ4v) is 2.21. The van der Waals surface area contributed by atoms with Gasteiger partial charge in [0.2, 0.25) is 0 Å². The van der Waals surface area contributed by atoms with Gasteiger partial charge in [0.15, 0.2) is 0 Å². The highest BCUT2D eigenvalue weighted by atomic mass is 16.5. The minimum atomic E-state index is 0.457. The highest BCUT2D eigenvalue weighted by Crippen LogP contribution is 2.36. The molecule has 3 atom stereocenters. The Bertz CT molecular complexity index is 183. The summed E-state index contributed by atoms with van der Waals surface area (Å²) in [7, 11) is 0. The van der Waals surface area contributed by atoms with Crippen LogP contribution in [-0.2, 0) is 4.74 Å². The van der Waals surface area contributed by atoms with Gasteiger partial charge in [-0.2, -0.15) is 0 Å². The summed E-state index contributed by atoms with van der Waals surface area (Å²) in [5.41, 5.74) is 1.51. The zero-order valence-corrected chi connectivity index (χ0v) is 7.34. The lowest BCUT2D eigenvalue weighted by atomic mass is 9.82. The predicted molar refractivity (Wildman–Crippen MR) is 45.4 cm³/mol. The Morgan fingerprint density at radius 1 is 1.55 bits per heavy atom. The number of rotatable bonds is 0. The summed E-state index contributed by atoms with van der Waals surface area (Å²) in [6, 6.07) is 0. The van der Waals surface area contributed by atoms with Crippen LogP contribution < -0.4 is 0 Å². The van der Waals surface area contributed by atoms with Crippen molar-refractivity contribution < 1.29 is 4.74 Å². The number of allylic oxidation sites excluding steroid dienone is 1. The molecule has 1 fully saturated rings. The van der Waals surface area contributed by atoms with Crippen LogP contribution in [0.5, 0.6) is 0 Å². The van der Waals surface area contributed by atoms with E-state index in [9.17, 15) is 0 Å². The molecule has 0 aromatic carbocycles. The Morgan fingerprint density at radius 2 is 2.36 bits per heavy atom. The summed E-state index contributed by atoms with van der Waals surface area (Å²) in [4.78, 5) is 0. The first kappa shape index (κ1) is 7.35. The first-order chi connectivity index (χ1) is 5.27. The summed E-state index contributed by atoms with van der Waals surface area (Å²) < 4.78 is 5.66. The number of hydrogen-bond acceptors (Lipinski definition) is 1. The quantitative estimate of drug-likeness (QED) is 0.484. The second-order valence-electron chi connectivity index (χ2n) is 3.99. The molecule has 2 rings (SSSR count). The number of ether oxygens (including phenoxy) is 1. The molecule has 0 aromatic rings. The highest BCUT2D eigenvalue weighted by Gasteiger charge is 2.34. The molecule has 2 aliphatic rings. The lowest BCUT2D eigenvalue weighted by Gasteiger charge is -2.23. The van der Waals surface area contributed by atoms with Gasteiger partial charge in [0.05, 0.1) is 12.7 Å². The third-order valence-corrected chi connectivity index (χ3v) is 3.03. The molecule has 0 aromatic heterocycles. The van der Waals surface area contributed by atoms with E-state index >= 15 is 0 Å². The summed E-state index contributed by atoms with van der Waals surface area (Å²) in [5, 5.41) is 0. The fraction of sp³-hybridized carbons (Fsp3) is 0.800. The van der Waals surface area contributed by atoms with E-state index in [0.29, 0.717) is 6.10 Å². The zero-order valence-electron chi connectivity index (χ0n) is 7.34. The third-order valence-electron chi connectivity index (χ3n) is 3.03. The van der Waals surface area contributed by atoms with Crippen molar-refractivity contribution in [1.82, 2.24) is 0 Å². The van der Waals surface area contributed by atoms with E-state index in [-0.39, 0.29) is 0 Å². The van der Waals surface area contributed by atoms with Gasteiger partial charge in [-0.25, -0.2) is 0 Å². The molecule has 62 valence electrons. The van der Waals surface area contributed by atoms with E-state index in [1.807, 2.05) is 0 Å². The topological polar surface area (TPSA) is 9.23 Å². The second kappa shape index (κ2) is 2.63. The van der Waals surface area contributed by atoms with Crippen LogP contribution in [-0.4, -0.2) is 12.7 Å². The summed E-state index contributed by atoms with van der Waals surface area (Å²) >= 11 is 0. The molecular weight excluding hydrogens is 136 g/mol. The van der Waals surface area contributed by atoms with Crippen molar-refractivity contribution in [3.8, 4) is 0 Å². The van der Waals surface area contributed by atoms with Crippen LogP contribution in [0.2, 0.25) is 0 Å². The van der Waals surface area contributed by atoms with Gasteiger partial charge < -0.3 is 4.74 Å². The van der Waals surface area contributed by atoms with Gasteiger partial charge in [-0.05, 0) is 31.6 Å². The van der Waals surface area contributed by atoms with E-state index in [1.165, 1.54) is 18.4 Å². The molecule has 0 N–H and O–H groups in total. The maximum absolute atomic E-state index is 5.66. The molecule has 0 radical (unpaired) electrons. The van der Waals surface area contributed by atoms with Crippen LogP contribution in [0.3, 0.4) is 0 Å². The van der Waals surface area contributed by atoms with Crippen LogP contribution in [0.25, 0.3) is 0 Å². The van der Waals surface area contributed by atoms with Gasteiger partial charge in [0, 0.05) is 0 Å². The smallest absolute Gasteiger partial charge is 0.0790 e. The minimum Gasteiger partial charge on any atom is -0.374 e. The fourth-order valence-electron chi connectivity index (χ4n) is 2.21. The predicted octanol–water partition coefficient (Wildman–Crippen LogP) is 2.38. The summed E-state index contributed by atoms with van der Waals surface area (Å²) in [6.07, 6.45) is 5.40. The molecule has 0 spiro atoms. The molecule has 1 nitrogen and oxygen atoms in total. The first-order valence-corrected chi connectivity index (χ1v) is 4.56. The average Bonchev–Trinajstić information content (AvgIpc) is 2.32. The van der Waals surface area contributed by atoms with Crippen molar-refractivity contribution >= 4 is 0 Å². The molecule has 0 bridgehead atoms. The standard InChI is InChI=1S/C10H16O/c1-7-3-4-9-8(2)6-11-10(9)5-7/h5,8-10H,3-4,6H2,1-2H3/t8-,9-,10-/m0/s1. The van der Waals surface area contributed by atoms with Crippen molar-refractivity contribution in [2.24, 2.45) is 11.8 Å². The van der Waals surface area contributed by atoms with Crippen LogP contribution >= 0.6 is 0 Å². The van der Waals surface area contributed by atoms with Crippen molar-refractivity contribution in [2.75, 3.05) is 6.61 Å². The third kappa shape index (κ3) is 1.22. The average molecular weight is 152 g/mol. The van der Waals surface area contributed by atoms with E-state index in [0.717, 1.165) is 18.4 Å². The Morgan fingerprint density at radius 3 is 3.18 bits per heavy atom. The lowest BCUT2D eigenvalue weighted by Crippen LogP contribution is -2.20. The Kier molecular flexibility index (Phi) is 1.76. The van der Waals surface area contributed by atoms with E-state index in [2.05, 4.69) is 19.9 Å². The van der Waals surface area contributed by atoms with Crippen molar-refractivity contribution in [1.29, 1.82) is 0 Å². The minimum absolute atomic E-state index is 0.457. The molecule has 1 heterocycles. The van der Waals surface area contributed by atoms with Gasteiger partial charge in [-0.1, -0.05) is 18.6 Å². The van der Waals surface area contributed by atoms with Gasteiger partial charge >= 0.3 is 0 Å². The van der Waals surface area contributed by atoms with Gasteiger partial charge in [0.1, 0.15) is 0 Å². The second-order valence-corrected chi connectivity index (χ2v) is 3.99. The summed E-state index contributed by atoms with van der Waals surface area (Å²) in [5.74, 6) is 1.60. The molecule has 1 aliphatic carbocycles. The monoisotopic (exact) mass is 152 g/mol. The SMILES string of the molecule is CC1=C[C@@H]2OC[C@H](C)[C@@H]2CC1. The van der Waals surface area contributed by atoms with Crippen molar-refractivity contribution in [3.05, 3.63) is 11.6 Å². The van der Waals surface area contributed by atoms with Crippen molar-refractivity contribution in [3.63, 3.8) is 0 Å². The molecule has 1 heteroatoms. The van der Waals surface area contributed by atoms with Crippen LogP contribution in [0, 0.1) is 11.8 Å². The molecule has 1 saturated heterocycles. The molecule has 0 unspecified atom stereocenters. The van der Waals surface area contributed by atoms with E-state index < -0.39 is 0 Å². The molecular formula is C10H16O. The van der Waals surface area contributed by atoms with Crippen LogP contribution in [0.4, 0.5) is 0 Å². The number of fused-ring (bicyclic) bond motifs is 1. The molecule has 1 aliphatic heterocycles.